The van der Waals surface area contributed by atoms with Crippen LogP contribution in [0.3, 0.4) is 0 Å². The predicted octanol–water partition coefficient (Wildman–Crippen LogP) is 7.04. The summed E-state index contributed by atoms with van der Waals surface area (Å²) in [5.74, 6) is 0.709. The first-order valence-corrected chi connectivity index (χ1v) is 11.3. The zero-order valence-corrected chi connectivity index (χ0v) is 20.3. The molecule has 0 radical (unpaired) electrons. The number of rotatable bonds is 4. The third-order valence-electron chi connectivity index (χ3n) is 5.72. The number of benzene rings is 3. The van der Waals surface area contributed by atoms with E-state index in [-0.39, 0.29) is 5.15 Å². The average molecular weight is 483 g/mol. The Labute approximate surface area is 208 Å². The van der Waals surface area contributed by atoms with Crippen molar-refractivity contribution in [1.29, 1.82) is 0 Å². The molecule has 174 valence electrons. The monoisotopic (exact) mass is 482 g/mol. The fraction of sp³-hybridized carbons (Fsp3) is 0.103. The maximum absolute atomic E-state index is 11.4. The molecule has 0 amide bonds. The Hall–Kier alpha value is -4.09. The summed E-state index contributed by atoms with van der Waals surface area (Å²) in [5.41, 5.74) is 6.38. The number of aldehydes is 2. The van der Waals surface area contributed by atoms with E-state index in [4.69, 9.17) is 21.3 Å². The number of carbonyl (C=O) groups excluding carboxylic acids is 2. The molecule has 0 aliphatic carbocycles. The molecule has 0 aliphatic rings. The second-order valence-corrected chi connectivity index (χ2v) is 8.38. The number of hydrogen-bond acceptors (Lipinski definition) is 5. The number of carbonyl (C=O) groups is 2. The van der Waals surface area contributed by atoms with Gasteiger partial charge in [0.1, 0.15) is 10.9 Å². The second kappa shape index (κ2) is 10.5. The Balaban J connectivity index is 0.000000179. The van der Waals surface area contributed by atoms with Crippen molar-refractivity contribution in [2.75, 3.05) is 7.11 Å². The van der Waals surface area contributed by atoms with Crippen molar-refractivity contribution in [2.24, 2.45) is 0 Å². The standard InChI is InChI=1S/C18H15NO2.C11H8ClNO/c1-12-6-5-7-13-10-14(11-20)18(19-17(12)13)15-8-3-4-9-16(15)21-2;1-7-3-2-4-8-5-9(6-14)11(12)13-10(7)8/h3-11H,1-2H3;2-6H,1H3. The fourth-order valence-corrected chi connectivity index (χ4v) is 4.12. The average Bonchev–Trinajstić information content (AvgIpc) is 2.89. The first-order chi connectivity index (χ1) is 17.0. The third kappa shape index (κ3) is 4.91. The fourth-order valence-electron chi connectivity index (χ4n) is 3.93. The minimum absolute atomic E-state index is 0.266. The number of ether oxygens (including phenoxy) is 1. The van der Waals surface area contributed by atoms with Gasteiger partial charge in [-0.3, -0.25) is 9.59 Å². The maximum Gasteiger partial charge on any atom is 0.153 e. The zero-order chi connectivity index (χ0) is 24.9. The highest BCUT2D eigenvalue weighted by molar-refractivity contribution is 6.32. The van der Waals surface area contributed by atoms with Crippen molar-refractivity contribution in [3.05, 3.63) is 100 Å². The van der Waals surface area contributed by atoms with Gasteiger partial charge in [0.2, 0.25) is 0 Å². The Bertz CT molecular complexity index is 1560. The number of nitrogens with zero attached hydrogens (tertiary/aromatic N) is 2. The molecule has 0 spiro atoms. The van der Waals surface area contributed by atoms with Gasteiger partial charge in [-0.05, 0) is 49.2 Å². The molecule has 0 unspecified atom stereocenters. The van der Waals surface area contributed by atoms with Gasteiger partial charge in [0.25, 0.3) is 0 Å². The molecular formula is C29H23ClN2O3. The second-order valence-electron chi connectivity index (χ2n) is 8.02. The minimum atomic E-state index is 0.266. The SMILES string of the molecule is COc1ccccc1-c1nc2c(C)cccc2cc1C=O.Cc1cccc2cc(C=O)c(Cl)nc12. The molecule has 0 fully saturated rings. The molecule has 0 saturated carbocycles. The number of pyridine rings is 2. The minimum Gasteiger partial charge on any atom is -0.496 e. The van der Waals surface area contributed by atoms with Crippen LogP contribution in [0, 0.1) is 13.8 Å². The molecule has 0 aliphatic heterocycles. The lowest BCUT2D eigenvalue weighted by atomic mass is 10.0. The van der Waals surface area contributed by atoms with Crippen LogP contribution in [0.15, 0.2) is 72.8 Å². The molecule has 0 bridgehead atoms. The summed E-state index contributed by atoms with van der Waals surface area (Å²) < 4.78 is 5.39. The molecule has 5 rings (SSSR count). The van der Waals surface area contributed by atoms with Gasteiger partial charge in [0.05, 0.1) is 29.4 Å². The van der Waals surface area contributed by atoms with Gasteiger partial charge in [-0.1, -0.05) is 60.1 Å². The summed E-state index contributed by atoms with van der Waals surface area (Å²) in [6.45, 7) is 3.98. The van der Waals surface area contributed by atoms with Crippen molar-refractivity contribution in [1.82, 2.24) is 9.97 Å². The summed E-state index contributed by atoms with van der Waals surface area (Å²) in [6, 6.07) is 23.0. The lowest BCUT2D eigenvalue weighted by Crippen LogP contribution is -1.97. The molecule has 5 nitrogen and oxygen atoms in total. The van der Waals surface area contributed by atoms with Crippen LogP contribution in [-0.4, -0.2) is 29.7 Å². The van der Waals surface area contributed by atoms with Crippen LogP contribution in [0.25, 0.3) is 33.1 Å². The van der Waals surface area contributed by atoms with Crippen LogP contribution < -0.4 is 4.74 Å². The van der Waals surface area contributed by atoms with Crippen LogP contribution in [-0.2, 0) is 0 Å². The highest BCUT2D eigenvalue weighted by Crippen LogP contribution is 2.32. The normalized spacial score (nSPS) is 10.5. The molecule has 3 aromatic carbocycles. The number of methoxy groups -OCH3 is 1. The zero-order valence-electron chi connectivity index (χ0n) is 19.6. The first-order valence-electron chi connectivity index (χ1n) is 11.0. The van der Waals surface area contributed by atoms with Crippen molar-refractivity contribution in [3.63, 3.8) is 0 Å². The molecule has 2 aromatic heterocycles. The van der Waals surface area contributed by atoms with Crippen molar-refractivity contribution in [3.8, 4) is 17.0 Å². The molecule has 6 heteroatoms. The summed E-state index contributed by atoms with van der Waals surface area (Å²) in [4.78, 5) is 31.0. The number of aryl methyl sites for hydroxylation is 2. The Morgan fingerprint density at radius 1 is 0.743 bits per heavy atom. The largest absolute Gasteiger partial charge is 0.496 e. The van der Waals surface area contributed by atoms with Gasteiger partial charge in [0.15, 0.2) is 12.6 Å². The predicted molar refractivity (Wildman–Crippen MR) is 141 cm³/mol. The van der Waals surface area contributed by atoms with Crippen LogP contribution in [0.5, 0.6) is 5.75 Å². The molecule has 5 aromatic rings. The summed E-state index contributed by atoms with van der Waals surface area (Å²) in [7, 11) is 1.62. The topological polar surface area (TPSA) is 69.2 Å². The number of fused-ring (bicyclic) bond motifs is 2. The lowest BCUT2D eigenvalue weighted by Gasteiger charge is -2.11. The molecule has 0 N–H and O–H groups in total. The van der Waals surface area contributed by atoms with Crippen molar-refractivity contribution >= 4 is 46.0 Å². The van der Waals surface area contributed by atoms with E-state index < -0.39 is 0 Å². The van der Waals surface area contributed by atoms with Gasteiger partial charge in [-0.2, -0.15) is 0 Å². The van der Waals surface area contributed by atoms with E-state index in [9.17, 15) is 9.59 Å². The van der Waals surface area contributed by atoms with Gasteiger partial charge in [-0.15, -0.1) is 0 Å². The van der Waals surface area contributed by atoms with Crippen LogP contribution in [0.2, 0.25) is 5.15 Å². The summed E-state index contributed by atoms with van der Waals surface area (Å²) in [5, 5.41) is 2.18. The van der Waals surface area contributed by atoms with Crippen LogP contribution >= 0.6 is 11.6 Å². The lowest BCUT2D eigenvalue weighted by molar-refractivity contribution is 0.111. The van der Waals surface area contributed by atoms with E-state index >= 15 is 0 Å². The smallest absolute Gasteiger partial charge is 0.153 e. The van der Waals surface area contributed by atoms with E-state index in [1.807, 2.05) is 80.6 Å². The number of aromatic nitrogens is 2. The number of hydrogen-bond donors (Lipinski definition) is 0. The van der Waals surface area contributed by atoms with E-state index in [1.165, 1.54) is 0 Å². The van der Waals surface area contributed by atoms with E-state index in [1.54, 1.807) is 13.2 Å². The maximum atomic E-state index is 11.4. The highest BCUT2D eigenvalue weighted by atomic mass is 35.5. The summed E-state index contributed by atoms with van der Waals surface area (Å²) in [6.07, 6.45) is 1.56. The molecule has 35 heavy (non-hydrogen) atoms. The first kappa shape index (κ1) is 24.0. The van der Waals surface area contributed by atoms with E-state index in [0.29, 0.717) is 22.6 Å². The Morgan fingerprint density at radius 3 is 1.91 bits per heavy atom. The van der Waals surface area contributed by atoms with E-state index in [0.717, 1.165) is 51.1 Å². The molecule has 0 atom stereocenters. The summed E-state index contributed by atoms with van der Waals surface area (Å²) >= 11 is 5.83. The third-order valence-corrected chi connectivity index (χ3v) is 6.02. The van der Waals surface area contributed by atoms with Crippen LogP contribution in [0.4, 0.5) is 0 Å². The molecular weight excluding hydrogens is 460 g/mol. The quantitative estimate of drug-likeness (QED) is 0.203. The van der Waals surface area contributed by atoms with Gasteiger partial charge in [0, 0.05) is 21.9 Å². The highest BCUT2D eigenvalue weighted by Gasteiger charge is 2.13. The molecule has 0 saturated heterocycles. The van der Waals surface area contributed by atoms with Crippen LogP contribution in [0.1, 0.15) is 31.8 Å². The Kier molecular flexibility index (Phi) is 7.18. The van der Waals surface area contributed by atoms with Crippen molar-refractivity contribution in [2.45, 2.75) is 13.8 Å². The van der Waals surface area contributed by atoms with E-state index in [2.05, 4.69) is 4.98 Å². The van der Waals surface area contributed by atoms with Gasteiger partial charge < -0.3 is 4.74 Å². The molecule has 2 heterocycles. The van der Waals surface area contributed by atoms with Gasteiger partial charge >= 0.3 is 0 Å². The number of halogens is 1. The number of para-hydroxylation sites is 3. The Morgan fingerprint density at radius 2 is 1.31 bits per heavy atom. The van der Waals surface area contributed by atoms with Crippen molar-refractivity contribution < 1.29 is 14.3 Å². The van der Waals surface area contributed by atoms with Gasteiger partial charge in [-0.25, -0.2) is 9.97 Å².